The first-order valence-corrected chi connectivity index (χ1v) is 10.7. The molecule has 26 heavy (non-hydrogen) atoms. The second-order valence-corrected chi connectivity index (χ2v) is 10.7. The van der Waals surface area contributed by atoms with Crippen LogP contribution in [0.1, 0.15) is 39.7 Å². The number of nitrogens with one attached hydrogen (secondary N) is 1. The molecule has 0 saturated carbocycles. The lowest BCUT2D eigenvalue weighted by atomic mass is 9.96. The lowest BCUT2D eigenvalue weighted by Crippen LogP contribution is -2.48. The van der Waals surface area contributed by atoms with Crippen molar-refractivity contribution in [2.75, 3.05) is 18.8 Å². The van der Waals surface area contributed by atoms with Gasteiger partial charge in [-0.2, -0.15) is 0 Å². The minimum Gasteiger partial charge on any atom is -0.335 e. The zero-order chi connectivity index (χ0) is 19.5. The summed E-state index contributed by atoms with van der Waals surface area (Å²) >= 11 is 0. The van der Waals surface area contributed by atoms with E-state index in [-0.39, 0.29) is 36.1 Å². The van der Waals surface area contributed by atoms with Crippen LogP contribution in [0.15, 0.2) is 24.3 Å². The van der Waals surface area contributed by atoms with Gasteiger partial charge in [0.1, 0.15) is 5.82 Å². The molecule has 1 aliphatic rings. The number of carbonyl (C=O) groups is 1. The molecule has 5 nitrogen and oxygen atoms in total. The van der Waals surface area contributed by atoms with Crippen molar-refractivity contribution in [3.63, 3.8) is 0 Å². The Morgan fingerprint density at radius 2 is 1.85 bits per heavy atom. The number of rotatable bonds is 4. The molecule has 1 N–H and O–H groups in total. The van der Waals surface area contributed by atoms with E-state index in [4.69, 9.17) is 0 Å². The molecule has 0 bridgehead atoms. The topological polar surface area (TPSA) is 66.5 Å². The molecule has 0 radical (unpaired) electrons. The second kappa shape index (κ2) is 7.94. The predicted molar refractivity (Wildman–Crippen MR) is 101 cm³/mol. The monoisotopic (exact) mass is 384 g/mol. The van der Waals surface area contributed by atoms with Crippen molar-refractivity contribution in [1.29, 1.82) is 0 Å². The molecule has 1 atom stereocenters. The van der Waals surface area contributed by atoms with Crippen LogP contribution in [-0.2, 0) is 16.3 Å². The maximum atomic E-state index is 13.1. The number of hydrogen-bond donors (Lipinski definition) is 1. The van der Waals surface area contributed by atoms with Crippen molar-refractivity contribution < 1.29 is 17.6 Å². The molecule has 146 valence electrons. The van der Waals surface area contributed by atoms with E-state index < -0.39 is 14.6 Å². The van der Waals surface area contributed by atoms with Crippen LogP contribution in [0, 0.1) is 11.7 Å². The van der Waals surface area contributed by atoms with Gasteiger partial charge in [0.15, 0.2) is 9.84 Å². The summed E-state index contributed by atoms with van der Waals surface area (Å²) < 4.78 is 36.9. The number of carbonyl (C=O) groups excluding carboxylic acids is 1. The SMILES string of the molecule is CC(C)C(Cc1ccc(F)cc1)NC(=O)N1CCC(C)(C)S(=O)(=O)CC1. The smallest absolute Gasteiger partial charge is 0.317 e. The third-order valence-electron chi connectivity index (χ3n) is 5.23. The Balaban J connectivity index is 2.04. The fraction of sp³-hybridized carbons (Fsp3) is 0.632. The van der Waals surface area contributed by atoms with Gasteiger partial charge in [-0.05, 0) is 50.3 Å². The fourth-order valence-corrected chi connectivity index (χ4v) is 4.37. The quantitative estimate of drug-likeness (QED) is 0.868. The van der Waals surface area contributed by atoms with Crippen LogP contribution in [0.2, 0.25) is 0 Å². The van der Waals surface area contributed by atoms with Crippen molar-refractivity contribution >= 4 is 15.9 Å². The van der Waals surface area contributed by atoms with Gasteiger partial charge in [0.25, 0.3) is 0 Å². The van der Waals surface area contributed by atoms with E-state index in [9.17, 15) is 17.6 Å². The van der Waals surface area contributed by atoms with Crippen molar-refractivity contribution in [2.24, 2.45) is 5.92 Å². The molecule has 1 unspecified atom stereocenters. The van der Waals surface area contributed by atoms with Crippen LogP contribution in [-0.4, -0.2) is 49.0 Å². The van der Waals surface area contributed by atoms with E-state index in [0.717, 1.165) is 5.56 Å². The van der Waals surface area contributed by atoms with E-state index >= 15 is 0 Å². The summed E-state index contributed by atoms with van der Waals surface area (Å²) in [7, 11) is -3.22. The number of amides is 2. The summed E-state index contributed by atoms with van der Waals surface area (Å²) in [6.07, 6.45) is 1.02. The highest BCUT2D eigenvalue weighted by molar-refractivity contribution is 7.92. The average Bonchev–Trinajstić information content (AvgIpc) is 2.65. The summed E-state index contributed by atoms with van der Waals surface area (Å²) in [5, 5.41) is 3.03. The van der Waals surface area contributed by atoms with Gasteiger partial charge in [-0.15, -0.1) is 0 Å². The van der Waals surface area contributed by atoms with Crippen molar-refractivity contribution in [3.8, 4) is 0 Å². The van der Waals surface area contributed by atoms with Crippen LogP contribution < -0.4 is 5.32 Å². The number of halogens is 1. The Kier molecular flexibility index (Phi) is 6.32. The Labute approximate surface area is 155 Å². The molecule has 1 saturated heterocycles. The molecule has 0 aromatic heterocycles. The highest BCUT2D eigenvalue weighted by Gasteiger charge is 2.38. The first-order chi connectivity index (χ1) is 12.0. The Bertz CT molecular complexity index is 730. The molecule has 1 fully saturated rings. The molecule has 1 aromatic carbocycles. The third kappa shape index (κ3) is 4.96. The summed E-state index contributed by atoms with van der Waals surface area (Å²) in [4.78, 5) is 14.3. The number of sulfone groups is 1. The lowest BCUT2D eigenvalue weighted by Gasteiger charge is -2.28. The average molecular weight is 385 g/mol. The molecular weight excluding hydrogens is 355 g/mol. The van der Waals surface area contributed by atoms with Crippen LogP contribution in [0.5, 0.6) is 0 Å². The number of hydrogen-bond acceptors (Lipinski definition) is 3. The molecule has 1 aromatic rings. The van der Waals surface area contributed by atoms with Crippen molar-refractivity contribution in [1.82, 2.24) is 10.2 Å². The first kappa shape index (κ1) is 20.7. The Morgan fingerprint density at radius 1 is 1.23 bits per heavy atom. The van der Waals surface area contributed by atoms with Crippen molar-refractivity contribution in [3.05, 3.63) is 35.6 Å². The van der Waals surface area contributed by atoms with Gasteiger partial charge >= 0.3 is 6.03 Å². The largest absolute Gasteiger partial charge is 0.335 e. The minimum absolute atomic E-state index is 0.0161. The molecule has 0 spiro atoms. The van der Waals surface area contributed by atoms with Gasteiger partial charge in [0.05, 0.1) is 10.5 Å². The maximum absolute atomic E-state index is 13.1. The minimum atomic E-state index is -3.22. The highest BCUT2D eigenvalue weighted by atomic mass is 32.2. The van der Waals surface area contributed by atoms with Gasteiger partial charge < -0.3 is 10.2 Å². The normalized spacial score (nSPS) is 20.5. The number of benzene rings is 1. The zero-order valence-electron chi connectivity index (χ0n) is 16.0. The molecular formula is C19H29FN2O3S. The lowest BCUT2D eigenvalue weighted by molar-refractivity contribution is 0.192. The van der Waals surface area contributed by atoms with Gasteiger partial charge in [-0.1, -0.05) is 26.0 Å². The van der Waals surface area contributed by atoms with E-state index in [1.165, 1.54) is 12.1 Å². The zero-order valence-corrected chi connectivity index (χ0v) is 16.8. The van der Waals surface area contributed by atoms with Crippen LogP contribution >= 0.6 is 0 Å². The van der Waals surface area contributed by atoms with Crippen LogP contribution in [0.4, 0.5) is 9.18 Å². The van der Waals surface area contributed by atoms with Crippen LogP contribution in [0.3, 0.4) is 0 Å². The van der Waals surface area contributed by atoms with Gasteiger partial charge in [-0.25, -0.2) is 17.6 Å². The van der Waals surface area contributed by atoms with E-state index in [0.29, 0.717) is 19.4 Å². The van der Waals surface area contributed by atoms with E-state index in [1.54, 1.807) is 30.9 Å². The van der Waals surface area contributed by atoms with Gasteiger partial charge in [-0.3, -0.25) is 0 Å². The molecule has 2 amide bonds. The first-order valence-electron chi connectivity index (χ1n) is 9.04. The Hall–Kier alpha value is -1.63. The predicted octanol–water partition coefficient (Wildman–Crippen LogP) is 3.00. The van der Waals surface area contributed by atoms with Gasteiger partial charge in [0.2, 0.25) is 0 Å². The number of urea groups is 1. The summed E-state index contributed by atoms with van der Waals surface area (Å²) in [5.74, 6) is -0.110. The Morgan fingerprint density at radius 3 is 2.42 bits per heavy atom. The molecule has 2 rings (SSSR count). The molecule has 7 heteroatoms. The second-order valence-electron chi connectivity index (χ2n) is 7.95. The van der Waals surface area contributed by atoms with E-state index in [2.05, 4.69) is 5.32 Å². The molecule has 0 aliphatic carbocycles. The third-order valence-corrected chi connectivity index (χ3v) is 7.83. The van der Waals surface area contributed by atoms with Crippen LogP contribution in [0.25, 0.3) is 0 Å². The van der Waals surface area contributed by atoms with Gasteiger partial charge in [0, 0.05) is 19.1 Å². The highest BCUT2D eigenvalue weighted by Crippen LogP contribution is 2.25. The fourth-order valence-electron chi connectivity index (χ4n) is 2.96. The van der Waals surface area contributed by atoms with Crippen molar-refractivity contribution in [2.45, 2.75) is 51.3 Å². The van der Waals surface area contributed by atoms with E-state index in [1.807, 2.05) is 13.8 Å². The maximum Gasteiger partial charge on any atom is 0.317 e. The summed E-state index contributed by atoms with van der Waals surface area (Å²) in [5.41, 5.74) is 0.949. The number of nitrogens with zero attached hydrogens (tertiary/aromatic N) is 1. The standard InChI is InChI=1S/C19H29FN2O3S/c1-14(2)17(13-15-5-7-16(20)8-6-15)21-18(23)22-10-9-19(3,4)26(24,25)12-11-22/h5-8,14,17H,9-13H2,1-4H3,(H,21,23). The molecule has 1 heterocycles. The summed E-state index contributed by atoms with van der Waals surface area (Å²) in [6.45, 7) is 8.09. The summed E-state index contributed by atoms with van der Waals surface area (Å²) in [6, 6.07) is 5.92. The molecule has 1 aliphatic heterocycles.